The van der Waals surface area contributed by atoms with Gasteiger partial charge in [-0.25, -0.2) is 0 Å². The quantitative estimate of drug-likeness (QED) is 0.848. The molecule has 1 aliphatic rings. The number of hydrogen-bond acceptors (Lipinski definition) is 2. The van der Waals surface area contributed by atoms with Crippen LogP contribution in [0.25, 0.3) is 0 Å². The van der Waals surface area contributed by atoms with Gasteiger partial charge < -0.3 is 10.1 Å². The van der Waals surface area contributed by atoms with Gasteiger partial charge in [-0.1, -0.05) is 0 Å². The highest BCUT2D eigenvalue weighted by molar-refractivity contribution is 5.95. The summed E-state index contributed by atoms with van der Waals surface area (Å²) in [5.41, 5.74) is 3.02. The lowest BCUT2D eigenvalue weighted by molar-refractivity contribution is -0.117. The summed E-state index contributed by atoms with van der Waals surface area (Å²) >= 11 is 0. The van der Waals surface area contributed by atoms with Crippen molar-refractivity contribution in [2.75, 3.05) is 12.4 Å². The standard InChI is InChI=1S/C13H17NO2/c1-8-6-11(16-3)7-9(2)12(8)14-13(15)10-4-5-10/h6-7,10H,4-5H2,1-3H3,(H,14,15). The van der Waals surface area contributed by atoms with E-state index in [0.717, 1.165) is 35.4 Å². The van der Waals surface area contributed by atoms with Crippen LogP contribution in [0.2, 0.25) is 0 Å². The van der Waals surface area contributed by atoms with Crippen molar-refractivity contribution in [3.8, 4) is 5.75 Å². The van der Waals surface area contributed by atoms with Crippen molar-refractivity contribution in [2.45, 2.75) is 26.7 Å². The Morgan fingerprint density at radius 1 is 1.31 bits per heavy atom. The third-order valence-electron chi connectivity index (χ3n) is 2.94. The molecule has 0 atom stereocenters. The normalized spacial score (nSPS) is 14.7. The van der Waals surface area contributed by atoms with E-state index in [1.165, 1.54) is 0 Å². The summed E-state index contributed by atoms with van der Waals surface area (Å²) in [5.74, 6) is 1.22. The maximum absolute atomic E-state index is 11.7. The Hall–Kier alpha value is -1.51. The maximum Gasteiger partial charge on any atom is 0.227 e. The van der Waals surface area contributed by atoms with E-state index >= 15 is 0 Å². The van der Waals surface area contributed by atoms with Crippen LogP contribution in [0.3, 0.4) is 0 Å². The molecule has 1 aliphatic carbocycles. The number of nitrogens with one attached hydrogen (secondary N) is 1. The zero-order valence-corrected chi connectivity index (χ0v) is 9.96. The zero-order chi connectivity index (χ0) is 11.7. The van der Waals surface area contributed by atoms with Crippen molar-refractivity contribution in [1.29, 1.82) is 0 Å². The molecule has 0 saturated heterocycles. The number of ether oxygens (including phenoxy) is 1. The first-order valence-electron chi connectivity index (χ1n) is 5.58. The minimum atomic E-state index is 0.149. The number of amides is 1. The second kappa shape index (κ2) is 4.16. The first-order valence-corrected chi connectivity index (χ1v) is 5.58. The van der Waals surface area contributed by atoms with E-state index in [2.05, 4.69) is 5.32 Å². The minimum Gasteiger partial charge on any atom is -0.497 e. The number of hydrogen-bond donors (Lipinski definition) is 1. The van der Waals surface area contributed by atoms with Crippen LogP contribution in [0.1, 0.15) is 24.0 Å². The van der Waals surface area contributed by atoms with E-state index in [1.807, 2.05) is 26.0 Å². The monoisotopic (exact) mass is 219 g/mol. The van der Waals surface area contributed by atoms with Gasteiger partial charge in [-0.3, -0.25) is 4.79 Å². The van der Waals surface area contributed by atoms with Gasteiger partial charge in [0.05, 0.1) is 7.11 Å². The molecule has 16 heavy (non-hydrogen) atoms. The Balaban J connectivity index is 2.22. The summed E-state index contributed by atoms with van der Waals surface area (Å²) in [6.07, 6.45) is 2.06. The molecule has 0 heterocycles. The van der Waals surface area contributed by atoms with Crippen LogP contribution in [0.4, 0.5) is 5.69 Å². The van der Waals surface area contributed by atoms with Gasteiger partial charge in [0.2, 0.25) is 5.91 Å². The second-order valence-electron chi connectivity index (χ2n) is 4.40. The van der Waals surface area contributed by atoms with E-state index in [9.17, 15) is 4.79 Å². The lowest BCUT2D eigenvalue weighted by Gasteiger charge is -2.13. The fourth-order valence-corrected chi connectivity index (χ4v) is 1.81. The van der Waals surface area contributed by atoms with Crippen molar-refractivity contribution in [2.24, 2.45) is 5.92 Å². The molecule has 86 valence electrons. The molecule has 0 unspecified atom stereocenters. The Morgan fingerprint density at radius 2 is 1.88 bits per heavy atom. The van der Waals surface area contributed by atoms with E-state index in [0.29, 0.717) is 0 Å². The summed E-state index contributed by atoms with van der Waals surface area (Å²) in [7, 11) is 1.65. The molecule has 3 heteroatoms. The Bertz CT molecular complexity index is 399. The van der Waals surface area contributed by atoms with Crippen LogP contribution in [0.15, 0.2) is 12.1 Å². The molecule has 0 radical (unpaired) electrons. The molecular weight excluding hydrogens is 202 g/mol. The van der Waals surface area contributed by atoms with Crippen molar-refractivity contribution < 1.29 is 9.53 Å². The smallest absolute Gasteiger partial charge is 0.227 e. The van der Waals surface area contributed by atoms with Crippen molar-refractivity contribution in [3.63, 3.8) is 0 Å². The highest BCUT2D eigenvalue weighted by atomic mass is 16.5. The summed E-state index contributed by atoms with van der Waals surface area (Å²) < 4.78 is 5.18. The molecule has 1 amide bonds. The number of rotatable bonds is 3. The first-order chi connectivity index (χ1) is 7.61. The molecule has 0 spiro atoms. The molecule has 1 fully saturated rings. The highest BCUT2D eigenvalue weighted by Gasteiger charge is 2.30. The molecule has 2 rings (SSSR count). The van der Waals surface area contributed by atoms with Crippen LogP contribution in [0.5, 0.6) is 5.75 Å². The third kappa shape index (κ3) is 2.18. The fourth-order valence-electron chi connectivity index (χ4n) is 1.81. The molecular formula is C13H17NO2. The average molecular weight is 219 g/mol. The Labute approximate surface area is 95.8 Å². The number of carbonyl (C=O) groups is 1. The number of methoxy groups -OCH3 is 1. The van der Waals surface area contributed by atoms with Crippen LogP contribution in [-0.2, 0) is 4.79 Å². The predicted molar refractivity (Wildman–Crippen MR) is 63.8 cm³/mol. The van der Waals surface area contributed by atoms with Gasteiger partial charge in [-0.15, -0.1) is 0 Å². The van der Waals surface area contributed by atoms with Gasteiger partial charge in [0, 0.05) is 11.6 Å². The van der Waals surface area contributed by atoms with E-state index in [1.54, 1.807) is 7.11 Å². The first kappa shape index (κ1) is 11.0. The van der Waals surface area contributed by atoms with Crippen molar-refractivity contribution in [3.05, 3.63) is 23.3 Å². The molecule has 0 aliphatic heterocycles. The molecule has 0 aromatic heterocycles. The van der Waals surface area contributed by atoms with Crippen LogP contribution in [-0.4, -0.2) is 13.0 Å². The molecule has 1 N–H and O–H groups in total. The summed E-state index contributed by atoms with van der Waals surface area (Å²) in [6, 6.07) is 3.88. The lowest BCUT2D eigenvalue weighted by Crippen LogP contribution is -2.15. The van der Waals surface area contributed by atoms with Gasteiger partial charge >= 0.3 is 0 Å². The predicted octanol–water partition coefficient (Wildman–Crippen LogP) is 2.66. The molecule has 1 aromatic carbocycles. The average Bonchev–Trinajstić information content (AvgIpc) is 3.06. The molecule has 0 bridgehead atoms. The van der Waals surface area contributed by atoms with Gasteiger partial charge in [0.25, 0.3) is 0 Å². The second-order valence-corrected chi connectivity index (χ2v) is 4.40. The number of anilines is 1. The largest absolute Gasteiger partial charge is 0.497 e. The van der Waals surface area contributed by atoms with Crippen LogP contribution >= 0.6 is 0 Å². The SMILES string of the molecule is COc1cc(C)c(NC(=O)C2CC2)c(C)c1. The number of carbonyl (C=O) groups excluding carboxylic acids is 1. The maximum atomic E-state index is 11.7. The van der Waals surface area contributed by atoms with E-state index in [-0.39, 0.29) is 11.8 Å². The van der Waals surface area contributed by atoms with E-state index < -0.39 is 0 Å². The van der Waals surface area contributed by atoms with Gasteiger partial charge in [0.15, 0.2) is 0 Å². The van der Waals surface area contributed by atoms with Crippen LogP contribution in [0, 0.1) is 19.8 Å². The molecule has 1 saturated carbocycles. The van der Waals surface area contributed by atoms with E-state index in [4.69, 9.17) is 4.74 Å². The third-order valence-corrected chi connectivity index (χ3v) is 2.94. The highest BCUT2D eigenvalue weighted by Crippen LogP contribution is 2.32. The summed E-state index contributed by atoms with van der Waals surface area (Å²) in [6.45, 7) is 3.97. The Morgan fingerprint density at radius 3 is 2.31 bits per heavy atom. The van der Waals surface area contributed by atoms with Crippen molar-refractivity contribution >= 4 is 11.6 Å². The number of aryl methyl sites for hydroxylation is 2. The summed E-state index contributed by atoms with van der Waals surface area (Å²) in [5, 5.41) is 3.00. The topological polar surface area (TPSA) is 38.3 Å². The van der Waals surface area contributed by atoms with Crippen molar-refractivity contribution in [1.82, 2.24) is 0 Å². The molecule has 1 aromatic rings. The van der Waals surface area contributed by atoms with Gasteiger partial charge in [-0.05, 0) is 49.9 Å². The van der Waals surface area contributed by atoms with Gasteiger partial charge in [-0.2, -0.15) is 0 Å². The minimum absolute atomic E-state index is 0.149. The lowest BCUT2D eigenvalue weighted by atomic mass is 10.1. The summed E-state index contributed by atoms with van der Waals surface area (Å²) in [4.78, 5) is 11.7. The van der Waals surface area contributed by atoms with Crippen LogP contribution < -0.4 is 10.1 Å². The fraction of sp³-hybridized carbons (Fsp3) is 0.462. The Kier molecular flexibility index (Phi) is 2.86. The molecule has 3 nitrogen and oxygen atoms in total. The number of benzene rings is 1. The van der Waals surface area contributed by atoms with Gasteiger partial charge in [0.1, 0.15) is 5.75 Å². The zero-order valence-electron chi connectivity index (χ0n) is 9.96.